The van der Waals surface area contributed by atoms with Gasteiger partial charge in [0.15, 0.2) is 0 Å². The van der Waals surface area contributed by atoms with Gasteiger partial charge in [0.1, 0.15) is 0 Å². The average molecular weight is 188 g/mol. The van der Waals surface area contributed by atoms with Crippen LogP contribution in [0.25, 0.3) is 0 Å². The molecule has 0 amide bonds. The van der Waals surface area contributed by atoms with Gasteiger partial charge in [-0.1, -0.05) is 13.8 Å². The third-order valence-electron chi connectivity index (χ3n) is 2.07. The van der Waals surface area contributed by atoms with Gasteiger partial charge in [0.25, 0.3) is 0 Å². The van der Waals surface area contributed by atoms with Gasteiger partial charge in [0.2, 0.25) is 0 Å². The van der Waals surface area contributed by atoms with Crippen LogP contribution in [-0.4, -0.2) is 39.6 Å². The van der Waals surface area contributed by atoms with E-state index < -0.39 is 0 Å². The zero-order chi connectivity index (χ0) is 9.57. The number of hydrogen-bond donors (Lipinski definition) is 0. The standard InChI is InChI=1S/C10H20O3/c1-3-4-11-5-6-12-7-10(2)8-13-9-10/h3-9H2,1-2H3. The van der Waals surface area contributed by atoms with Gasteiger partial charge in [-0.3, -0.25) is 0 Å². The molecule has 0 saturated carbocycles. The van der Waals surface area contributed by atoms with E-state index in [4.69, 9.17) is 14.2 Å². The maximum Gasteiger partial charge on any atom is 0.0700 e. The van der Waals surface area contributed by atoms with Gasteiger partial charge in [0.05, 0.1) is 33.0 Å². The molecule has 0 atom stereocenters. The van der Waals surface area contributed by atoms with Crippen molar-refractivity contribution in [1.29, 1.82) is 0 Å². The second kappa shape index (κ2) is 5.58. The molecule has 1 rings (SSSR count). The highest BCUT2D eigenvalue weighted by Crippen LogP contribution is 2.26. The van der Waals surface area contributed by atoms with E-state index in [0.29, 0.717) is 13.2 Å². The highest BCUT2D eigenvalue weighted by molar-refractivity contribution is 4.79. The Labute approximate surface area is 80.4 Å². The molecule has 0 aromatic heterocycles. The van der Waals surface area contributed by atoms with Gasteiger partial charge < -0.3 is 14.2 Å². The summed E-state index contributed by atoms with van der Waals surface area (Å²) in [6, 6.07) is 0. The molecular formula is C10H20O3. The molecule has 0 aromatic carbocycles. The van der Waals surface area contributed by atoms with Crippen LogP contribution >= 0.6 is 0 Å². The van der Waals surface area contributed by atoms with Crippen LogP contribution in [0.1, 0.15) is 20.3 Å². The SMILES string of the molecule is CCCOCCOCC1(C)COC1. The maximum atomic E-state index is 5.48. The second-order valence-electron chi connectivity index (χ2n) is 3.97. The lowest BCUT2D eigenvalue weighted by molar-refractivity contribution is -0.140. The molecule has 13 heavy (non-hydrogen) atoms. The van der Waals surface area contributed by atoms with Crippen molar-refractivity contribution in [2.75, 3.05) is 39.6 Å². The van der Waals surface area contributed by atoms with Crippen LogP contribution in [0.5, 0.6) is 0 Å². The summed E-state index contributed by atoms with van der Waals surface area (Å²) in [6.45, 7) is 9.01. The van der Waals surface area contributed by atoms with Crippen LogP contribution in [-0.2, 0) is 14.2 Å². The second-order valence-corrected chi connectivity index (χ2v) is 3.97. The lowest BCUT2D eigenvalue weighted by Crippen LogP contribution is -2.43. The largest absolute Gasteiger partial charge is 0.380 e. The molecule has 3 heteroatoms. The molecule has 0 radical (unpaired) electrons. The Morgan fingerprint density at radius 1 is 1.15 bits per heavy atom. The van der Waals surface area contributed by atoms with Crippen LogP contribution < -0.4 is 0 Å². The fraction of sp³-hybridized carbons (Fsp3) is 1.00. The van der Waals surface area contributed by atoms with Crippen molar-refractivity contribution >= 4 is 0 Å². The van der Waals surface area contributed by atoms with E-state index in [9.17, 15) is 0 Å². The summed E-state index contributed by atoms with van der Waals surface area (Å²) >= 11 is 0. The van der Waals surface area contributed by atoms with Gasteiger partial charge >= 0.3 is 0 Å². The van der Waals surface area contributed by atoms with Crippen molar-refractivity contribution in [3.05, 3.63) is 0 Å². The summed E-state index contributed by atoms with van der Waals surface area (Å²) in [7, 11) is 0. The van der Waals surface area contributed by atoms with Gasteiger partial charge in [-0.25, -0.2) is 0 Å². The molecule has 1 saturated heterocycles. The maximum absolute atomic E-state index is 5.48. The van der Waals surface area contributed by atoms with Crippen LogP contribution in [0, 0.1) is 5.41 Å². The number of ether oxygens (including phenoxy) is 3. The Morgan fingerprint density at radius 2 is 1.85 bits per heavy atom. The van der Waals surface area contributed by atoms with Crippen LogP contribution in [0.2, 0.25) is 0 Å². The molecular weight excluding hydrogens is 168 g/mol. The van der Waals surface area contributed by atoms with Gasteiger partial charge in [-0.05, 0) is 6.42 Å². The van der Waals surface area contributed by atoms with Gasteiger partial charge in [-0.15, -0.1) is 0 Å². The molecule has 0 unspecified atom stereocenters. The summed E-state index contributed by atoms with van der Waals surface area (Å²) < 4.78 is 15.9. The fourth-order valence-electron chi connectivity index (χ4n) is 1.22. The van der Waals surface area contributed by atoms with E-state index in [1.54, 1.807) is 0 Å². The van der Waals surface area contributed by atoms with Crippen molar-refractivity contribution < 1.29 is 14.2 Å². The normalized spacial score (nSPS) is 19.8. The van der Waals surface area contributed by atoms with Crippen molar-refractivity contribution in [3.8, 4) is 0 Å². The molecule has 0 bridgehead atoms. The Balaban J connectivity index is 1.83. The third kappa shape index (κ3) is 4.07. The first-order chi connectivity index (χ1) is 6.27. The molecule has 0 spiro atoms. The number of hydrogen-bond acceptors (Lipinski definition) is 3. The Morgan fingerprint density at radius 3 is 2.38 bits per heavy atom. The molecule has 78 valence electrons. The van der Waals surface area contributed by atoms with Gasteiger partial charge in [0, 0.05) is 12.0 Å². The van der Waals surface area contributed by atoms with E-state index in [-0.39, 0.29) is 5.41 Å². The monoisotopic (exact) mass is 188 g/mol. The molecule has 0 aliphatic carbocycles. The summed E-state index contributed by atoms with van der Waals surface area (Å²) in [5.74, 6) is 0. The predicted octanol–water partition coefficient (Wildman–Crippen LogP) is 1.47. The smallest absolute Gasteiger partial charge is 0.0700 e. The molecule has 0 N–H and O–H groups in total. The summed E-state index contributed by atoms with van der Waals surface area (Å²) in [5.41, 5.74) is 0.269. The quantitative estimate of drug-likeness (QED) is 0.566. The van der Waals surface area contributed by atoms with Crippen molar-refractivity contribution in [3.63, 3.8) is 0 Å². The molecule has 1 heterocycles. The molecule has 3 nitrogen and oxygen atoms in total. The minimum atomic E-state index is 0.269. The Hall–Kier alpha value is -0.120. The summed E-state index contributed by atoms with van der Waals surface area (Å²) in [5, 5.41) is 0. The van der Waals surface area contributed by atoms with Gasteiger partial charge in [-0.2, -0.15) is 0 Å². The van der Waals surface area contributed by atoms with Crippen LogP contribution in [0.15, 0.2) is 0 Å². The van der Waals surface area contributed by atoms with E-state index in [1.165, 1.54) is 0 Å². The zero-order valence-corrected chi connectivity index (χ0v) is 8.67. The minimum absolute atomic E-state index is 0.269. The third-order valence-corrected chi connectivity index (χ3v) is 2.07. The Kier molecular flexibility index (Phi) is 4.70. The predicted molar refractivity (Wildman–Crippen MR) is 50.9 cm³/mol. The van der Waals surface area contributed by atoms with E-state index in [1.807, 2.05) is 0 Å². The highest BCUT2D eigenvalue weighted by atomic mass is 16.5. The average Bonchev–Trinajstić information content (AvgIpc) is 2.08. The van der Waals surface area contributed by atoms with Crippen LogP contribution in [0.3, 0.4) is 0 Å². The first-order valence-electron chi connectivity index (χ1n) is 5.00. The topological polar surface area (TPSA) is 27.7 Å². The summed E-state index contributed by atoms with van der Waals surface area (Å²) in [6.07, 6.45) is 1.07. The van der Waals surface area contributed by atoms with Crippen molar-refractivity contribution in [2.45, 2.75) is 20.3 Å². The lowest BCUT2D eigenvalue weighted by Gasteiger charge is -2.37. The number of rotatable bonds is 7. The van der Waals surface area contributed by atoms with Crippen molar-refractivity contribution in [2.24, 2.45) is 5.41 Å². The molecule has 0 aromatic rings. The first-order valence-corrected chi connectivity index (χ1v) is 5.00. The molecule has 1 aliphatic rings. The zero-order valence-electron chi connectivity index (χ0n) is 8.67. The first kappa shape index (κ1) is 11.0. The highest BCUT2D eigenvalue weighted by Gasteiger charge is 2.33. The van der Waals surface area contributed by atoms with E-state index in [2.05, 4.69) is 13.8 Å². The Bertz CT molecular complexity index is 132. The minimum Gasteiger partial charge on any atom is -0.380 e. The summed E-state index contributed by atoms with van der Waals surface area (Å²) in [4.78, 5) is 0. The van der Waals surface area contributed by atoms with Crippen LogP contribution in [0.4, 0.5) is 0 Å². The van der Waals surface area contributed by atoms with Crippen molar-refractivity contribution in [1.82, 2.24) is 0 Å². The molecule has 1 fully saturated rings. The lowest BCUT2D eigenvalue weighted by atomic mass is 9.90. The fourth-order valence-corrected chi connectivity index (χ4v) is 1.22. The van der Waals surface area contributed by atoms with E-state index in [0.717, 1.165) is 32.8 Å². The van der Waals surface area contributed by atoms with E-state index >= 15 is 0 Å². The molecule has 1 aliphatic heterocycles.